The van der Waals surface area contributed by atoms with E-state index in [9.17, 15) is 0 Å². The molecule has 1 aromatic rings. The lowest BCUT2D eigenvalue weighted by Gasteiger charge is -2.16. The Hall–Kier alpha value is -0.860. The number of ether oxygens (including phenoxy) is 1. The van der Waals surface area contributed by atoms with Crippen LogP contribution in [-0.2, 0) is 4.74 Å². The molecule has 1 aromatic carbocycles. The summed E-state index contributed by atoms with van der Waals surface area (Å²) in [6, 6.07) is 11.5. The summed E-state index contributed by atoms with van der Waals surface area (Å²) in [5.41, 5.74) is 1.49. The molecule has 17 heavy (non-hydrogen) atoms. The molecule has 3 atom stereocenters. The minimum atomic E-state index is 0.603. The van der Waals surface area contributed by atoms with Crippen molar-refractivity contribution < 1.29 is 4.74 Å². The molecular formula is C15H23NO. The van der Waals surface area contributed by atoms with Crippen molar-refractivity contribution in [3.05, 3.63) is 35.9 Å². The number of rotatable bonds is 7. The molecule has 0 aromatic heterocycles. The first-order chi connectivity index (χ1) is 8.36. The van der Waals surface area contributed by atoms with Crippen LogP contribution < -0.4 is 5.32 Å². The monoisotopic (exact) mass is 233 g/mol. The maximum atomic E-state index is 5.44. The van der Waals surface area contributed by atoms with E-state index < -0.39 is 0 Å². The van der Waals surface area contributed by atoms with Crippen LogP contribution in [0.2, 0.25) is 0 Å². The summed E-state index contributed by atoms with van der Waals surface area (Å²) in [6.07, 6.45) is 2.44. The third kappa shape index (κ3) is 3.30. The van der Waals surface area contributed by atoms with Crippen molar-refractivity contribution in [1.82, 2.24) is 5.32 Å². The first-order valence-electron chi connectivity index (χ1n) is 6.66. The largest absolute Gasteiger partial charge is 0.382 e. The van der Waals surface area contributed by atoms with Crippen LogP contribution in [-0.4, -0.2) is 26.3 Å². The Bertz CT molecular complexity index is 325. The number of hydrogen-bond acceptors (Lipinski definition) is 2. The van der Waals surface area contributed by atoms with Crippen LogP contribution >= 0.6 is 0 Å². The van der Waals surface area contributed by atoms with Crippen molar-refractivity contribution >= 4 is 0 Å². The lowest BCUT2D eigenvalue weighted by Crippen LogP contribution is -2.29. The highest BCUT2D eigenvalue weighted by molar-refractivity contribution is 5.26. The van der Waals surface area contributed by atoms with Gasteiger partial charge in [0.2, 0.25) is 0 Å². The van der Waals surface area contributed by atoms with E-state index in [1.54, 1.807) is 0 Å². The smallest absolute Gasteiger partial charge is 0.0480 e. The van der Waals surface area contributed by atoms with Gasteiger partial charge in [-0.05, 0) is 44.2 Å². The first kappa shape index (κ1) is 12.6. The summed E-state index contributed by atoms with van der Waals surface area (Å²) >= 11 is 0. The van der Waals surface area contributed by atoms with E-state index in [1.807, 2.05) is 0 Å². The zero-order valence-electron chi connectivity index (χ0n) is 10.9. The maximum Gasteiger partial charge on any atom is 0.0480 e. The molecule has 1 aliphatic rings. The Kier molecular flexibility index (Phi) is 4.57. The fourth-order valence-corrected chi connectivity index (χ4v) is 2.67. The van der Waals surface area contributed by atoms with Crippen molar-refractivity contribution in [1.29, 1.82) is 0 Å². The normalized spacial score (nSPS) is 24.6. The van der Waals surface area contributed by atoms with Gasteiger partial charge in [-0.1, -0.05) is 30.3 Å². The SMILES string of the molecule is CCOCCC(NC)C1CC1c1ccccc1. The van der Waals surface area contributed by atoms with E-state index in [1.165, 1.54) is 12.0 Å². The highest BCUT2D eigenvalue weighted by Crippen LogP contribution is 2.49. The molecule has 0 radical (unpaired) electrons. The zero-order valence-corrected chi connectivity index (χ0v) is 10.9. The number of hydrogen-bond donors (Lipinski definition) is 1. The molecule has 2 heteroatoms. The second-order valence-corrected chi connectivity index (χ2v) is 4.80. The second-order valence-electron chi connectivity index (χ2n) is 4.80. The van der Waals surface area contributed by atoms with E-state index in [0.29, 0.717) is 6.04 Å². The number of benzene rings is 1. The minimum absolute atomic E-state index is 0.603. The molecule has 0 aliphatic heterocycles. The van der Waals surface area contributed by atoms with Crippen molar-refractivity contribution in [3.8, 4) is 0 Å². The predicted molar refractivity (Wildman–Crippen MR) is 71.2 cm³/mol. The van der Waals surface area contributed by atoms with E-state index >= 15 is 0 Å². The van der Waals surface area contributed by atoms with E-state index in [2.05, 4.69) is 49.6 Å². The fraction of sp³-hybridized carbons (Fsp3) is 0.600. The van der Waals surface area contributed by atoms with Gasteiger partial charge in [0, 0.05) is 19.3 Å². The van der Waals surface area contributed by atoms with Crippen LogP contribution in [0.25, 0.3) is 0 Å². The van der Waals surface area contributed by atoms with Crippen LogP contribution in [0.15, 0.2) is 30.3 Å². The molecule has 0 saturated heterocycles. The first-order valence-corrected chi connectivity index (χ1v) is 6.66. The van der Waals surface area contributed by atoms with Gasteiger partial charge in [0.15, 0.2) is 0 Å². The molecule has 1 N–H and O–H groups in total. The minimum Gasteiger partial charge on any atom is -0.382 e. The summed E-state index contributed by atoms with van der Waals surface area (Å²) in [5, 5.41) is 3.44. The van der Waals surface area contributed by atoms with Gasteiger partial charge in [-0.15, -0.1) is 0 Å². The molecule has 1 fully saturated rings. The van der Waals surface area contributed by atoms with Crippen LogP contribution in [0.1, 0.15) is 31.2 Å². The van der Waals surface area contributed by atoms with Crippen LogP contribution in [0.5, 0.6) is 0 Å². The zero-order chi connectivity index (χ0) is 12.1. The molecule has 2 nitrogen and oxygen atoms in total. The van der Waals surface area contributed by atoms with E-state index in [-0.39, 0.29) is 0 Å². The summed E-state index contributed by atoms with van der Waals surface area (Å²) in [4.78, 5) is 0. The number of nitrogens with one attached hydrogen (secondary N) is 1. The Morgan fingerprint density at radius 2 is 2.12 bits per heavy atom. The molecule has 1 aliphatic carbocycles. The van der Waals surface area contributed by atoms with Crippen molar-refractivity contribution in [2.24, 2.45) is 5.92 Å². The average Bonchev–Trinajstić information content (AvgIpc) is 3.16. The molecule has 0 amide bonds. The predicted octanol–water partition coefficient (Wildman–Crippen LogP) is 2.80. The highest BCUT2D eigenvalue weighted by atomic mass is 16.5. The Morgan fingerprint density at radius 3 is 2.76 bits per heavy atom. The van der Waals surface area contributed by atoms with E-state index in [0.717, 1.165) is 31.5 Å². The molecular weight excluding hydrogens is 210 g/mol. The Balaban J connectivity index is 1.83. The Morgan fingerprint density at radius 1 is 1.35 bits per heavy atom. The summed E-state index contributed by atoms with van der Waals surface area (Å²) in [5.74, 6) is 1.55. The highest BCUT2D eigenvalue weighted by Gasteiger charge is 2.42. The molecule has 3 unspecified atom stereocenters. The van der Waals surface area contributed by atoms with Gasteiger partial charge in [0.25, 0.3) is 0 Å². The van der Waals surface area contributed by atoms with Crippen molar-refractivity contribution in [2.45, 2.75) is 31.7 Å². The second kappa shape index (κ2) is 6.18. The van der Waals surface area contributed by atoms with Gasteiger partial charge in [0.05, 0.1) is 0 Å². The van der Waals surface area contributed by atoms with Gasteiger partial charge >= 0.3 is 0 Å². The lowest BCUT2D eigenvalue weighted by atomic mass is 10.0. The third-order valence-electron chi connectivity index (χ3n) is 3.73. The van der Waals surface area contributed by atoms with Crippen molar-refractivity contribution in [3.63, 3.8) is 0 Å². The quantitative estimate of drug-likeness (QED) is 0.731. The molecule has 94 valence electrons. The molecule has 1 saturated carbocycles. The maximum absolute atomic E-state index is 5.44. The van der Waals surface area contributed by atoms with Gasteiger partial charge in [-0.2, -0.15) is 0 Å². The average molecular weight is 233 g/mol. The third-order valence-corrected chi connectivity index (χ3v) is 3.73. The van der Waals surface area contributed by atoms with Crippen LogP contribution in [0.3, 0.4) is 0 Å². The van der Waals surface area contributed by atoms with E-state index in [4.69, 9.17) is 4.74 Å². The van der Waals surface area contributed by atoms with Gasteiger partial charge in [0.1, 0.15) is 0 Å². The summed E-state index contributed by atoms with van der Waals surface area (Å²) in [7, 11) is 2.07. The van der Waals surface area contributed by atoms with Crippen molar-refractivity contribution in [2.75, 3.05) is 20.3 Å². The van der Waals surface area contributed by atoms with Crippen LogP contribution in [0, 0.1) is 5.92 Å². The van der Waals surface area contributed by atoms with Crippen LogP contribution in [0.4, 0.5) is 0 Å². The summed E-state index contributed by atoms with van der Waals surface area (Å²) < 4.78 is 5.44. The molecule has 2 rings (SSSR count). The summed E-state index contributed by atoms with van der Waals surface area (Å²) in [6.45, 7) is 3.75. The standard InChI is InChI=1S/C15H23NO/c1-3-17-10-9-15(16-2)14-11-13(14)12-7-5-4-6-8-12/h4-8,13-16H,3,9-11H2,1-2H3. The molecule has 0 heterocycles. The molecule has 0 bridgehead atoms. The topological polar surface area (TPSA) is 21.3 Å². The van der Waals surface area contributed by atoms with Gasteiger partial charge < -0.3 is 10.1 Å². The van der Waals surface area contributed by atoms with Gasteiger partial charge in [-0.3, -0.25) is 0 Å². The lowest BCUT2D eigenvalue weighted by molar-refractivity contribution is 0.134. The Labute approximate surface area is 104 Å². The fourth-order valence-electron chi connectivity index (χ4n) is 2.67. The van der Waals surface area contributed by atoms with Gasteiger partial charge in [-0.25, -0.2) is 0 Å². The molecule has 0 spiro atoms.